The Kier molecular flexibility index (Phi) is 6.43. The van der Waals surface area contributed by atoms with Crippen LogP contribution in [-0.2, 0) is 12.4 Å². The Balaban J connectivity index is 1.91. The van der Waals surface area contributed by atoms with Crippen LogP contribution in [0.4, 0.5) is 26.3 Å². The van der Waals surface area contributed by atoms with Gasteiger partial charge in [-0.1, -0.05) is 72.8 Å². The van der Waals surface area contributed by atoms with E-state index < -0.39 is 23.5 Å². The molecule has 0 amide bonds. The summed E-state index contributed by atoms with van der Waals surface area (Å²) < 4.78 is 83.8. The zero-order valence-electron chi connectivity index (χ0n) is 23.3. The molecule has 0 spiro atoms. The van der Waals surface area contributed by atoms with Crippen molar-refractivity contribution in [3.63, 3.8) is 0 Å². The van der Waals surface area contributed by atoms with Crippen LogP contribution in [0.25, 0.3) is 65.3 Å². The second kappa shape index (κ2) is 10.3. The van der Waals surface area contributed by atoms with E-state index in [-0.39, 0.29) is 21.5 Å². The Morgan fingerprint density at radius 1 is 0.457 bits per heavy atom. The molecule has 46 heavy (non-hydrogen) atoms. The van der Waals surface area contributed by atoms with Gasteiger partial charge < -0.3 is 0 Å². The van der Waals surface area contributed by atoms with Crippen LogP contribution < -0.4 is 10.7 Å². The topological polar surface area (TPSA) is 72.3 Å². The lowest BCUT2D eigenvalue weighted by Gasteiger charge is -2.14. The normalized spacial score (nSPS) is 13.2. The molecule has 0 radical (unpaired) electrons. The van der Waals surface area contributed by atoms with Gasteiger partial charge in [-0.3, -0.25) is 0 Å². The predicted molar refractivity (Wildman–Crippen MR) is 162 cm³/mol. The molecule has 4 nitrogen and oxygen atoms in total. The molecule has 10 heteroatoms. The Hall–Kier alpha value is -6.00. The van der Waals surface area contributed by atoms with Crippen LogP contribution in [0.1, 0.15) is 11.1 Å². The summed E-state index contributed by atoms with van der Waals surface area (Å²) >= 11 is 0. The fourth-order valence-electron chi connectivity index (χ4n) is 6.42. The first-order valence-electron chi connectivity index (χ1n) is 13.8. The van der Waals surface area contributed by atoms with Crippen molar-refractivity contribution in [3.05, 3.63) is 119 Å². The number of hydrogen-bond acceptors (Lipinski definition) is 4. The zero-order valence-corrected chi connectivity index (χ0v) is 23.3. The molecule has 0 fully saturated rings. The molecule has 7 aromatic carbocycles. The smallest absolute Gasteiger partial charge is 0.172 e. The van der Waals surface area contributed by atoms with Gasteiger partial charge in [0.25, 0.3) is 0 Å². The SMILES string of the molecule is N#CN=c1c2cc(C(F)(F)F)ccc2c2c(-c3ccccc3)c3c(=NC#N)c4cc(C(F)(F)F)ccc4c3c(-c3ccccc3)c12. The minimum absolute atomic E-state index is 0.00318. The van der Waals surface area contributed by atoms with Gasteiger partial charge in [-0.2, -0.15) is 46.9 Å². The largest absolute Gasteiger partial charge is 0.416 e. The maximum absolute atomic E-state index is 14.0. The van der Waals surface area contributed by atoms with E-state index in [9.17, 15) is 36.9 Å². The van der Waals surface area contributed by atoms with Crippen molar-refractivity contribution in [2.45, 2.75) is 12.4 Å². The summed E-state index contributed by atoms with van der Waals surface area (Å²) in [5.41, 5.74) is 0.163. The molecule has 0 unspecified atom stereocenters. The first kappa shape index (κ1) is 28.8. The molecule has 0 bridgehead atoms. The van der Waals surface area contributed by atoms with Crippen LogP contribution in [0, 0.1) is 22.9 Å². The van der Waals surface area contributed by atoms with E-state index in [4.69, 9.17) is 0 Å². The molecular weight excluding hydrogens is 602 g/mol. The number of rotatable bonds is 2. The van der Waals surface area contributed by atoms with Crippen molar-refractivity contribution in [1.82, 2.24) is 0 Å². The van der Waals surface area contributed by atoms with Crippen molar-refractivity contribution in [1.29, 1.82) is 10.5 Å². The van der Waals surface area contributed by atoms with E-state index in [1.807, 2.05) is 0 Å². The predicted octanol–water partition coefficient (Wildman–Crippen LogP) is 9.31. The first-order chi connectivity index (χ1) is 22.0. The zero-order chi connectivity index (χ0) is 32.4. The van der Waals surface area contributed by atoms with Crippen LogP contribution in [-0.4, -0.2) is 0 Å². The standard InChI is InChI=1S/C36H16F6N4/c37-35(38,39)21-11-13-23-25(15-21)34(46-18-44)32-28(20-9-5-2-6-10-20)30-24-14-12-22(36(40,41)42)16-26(24)33(45-17-43)31(30)27(29(23)32)19-7-3-1-4-8-19/h1-16H. The number of alkyl halides is 6. The third-order valence-electron chi connectivity index (χ3n) is 8.16. The Morgan fingerprint density at radius 2 is 0.826 bits per heavy atom. The molecule has 0 saturated heterocycles. The maximum Gasteiger partial charge on any atom is 0.416 e. The van der Waals surface area contributed by atoms with Gasteiger partial charge >= 0.3 is 12.4 Å². The number of fused-ring (bicyclic) bond motifs is 6. The van der Waals surface area contributed by atoms with Gasteiger partial charge in [-0.25, -0.2) is 0 Å². The minimum Gasteiger partial charge on any atom is -0.172 e. The fraction of sp³-hybridized carbons (Fsp3) is 0.0556. The quantitative estimate of drug-likeness (QED) is 0.143. The minimum atomic E-state index is -4.68. The molecule has 0 aliphatic heterocycles. The molecular formula is C36H16F6N4. The van der Waals surface area contributed by atoms with Crippen molar-refractivity contribution < 1.29 is 26.3 Å². The van der Waals surface area contributed by atoms with Crippen molar-refractivity contribution >= 4 is 43.1 Å². The van der Waals surface area contributed by atoms with Gasteiger partial charge in [-0.05, 0) is 46.2 Å². The maximum atomic E-state index is 14.0. The lowest BCUT2D eigenvalue weighted by atomic mass is 9.88. The Labute approximate surface area is 255 Å². The lowest BCUT2D eigenvalue weighted by molar-refractivity contribution is -0.138. The molecule has 0 heterocycles. The lowest BCUT2D eigenvalue weighted by Crippen LogP contribution is -2.06. The highest BCUT2D eigenvalue weighted by Crippen LogP contribution is 2.48. The van der Waals surface area contributed by atoms with Gasteiger partial charge in [0.1, 0.15) is 0 Å². The monoisotopic (exact) mass is 618 g/mol. The van der Waals surface area contributed by atoms with Gasteiger partial charge in [0.05, 0.1) is 21.8 Å². The van der Waals surface area contributed by atoms with Crippen molar-refractivity contribution in [3.8, 4) is 34.6 Å². The highest BCUT2D eigenvalue weighted by Gasteiger charge is 2.34. The van der Waals surface area contributed by atoms with Gasteiger partial charge in [0.15, 0.2) is 0 Å². The molecule has 7 rings (SSSR count). The van der Waals surface area contributed by atoms with Crippen LogP contribution in [0.5, 0.6) is 0 Å². The fourth-order valence-corrected chi connectivity index (χ4v) is 6.42. The molecule has 222 valence electrons. The summed E-state index contributed by atoms with van der Waals surface area (Å²) in [6.45, 7) is 0. The molecule has 0 N–H and O–H groups in total. The summed E-state index contributed by atoms with van der Waals surface area (Å²) in [6, 6.07) is 24.0. The molecule has 0 saturated carbocycles. The summed E-state index contributed by atoms with van der Waals surface area (Å²) in [6.07, 6.45) is -5.88. The van der Waals surface area contributed by atoms with Crippen LogP contribution in [0.2, 0.25) is 0 Å². The van der Waals surface area contributed by atoms with E-state index in [0.29, 0.717) is 54.6 Å². The summed E-state index contributed by atoms with van der Waals surface area (Å²) in [5, 5.41) is 22.0. The van der Waals surface area contributed by atoms with Gasteiger partial charge in [0.2, 0.25) is 12.4 Å². The third-order valence-corrected chi connectivity index (χ3v) is 8.16. The summed E-state index contributed by atoms with van der Waals surface area (Å²) in [5.74, 6) is 0. The molecule has 0 aliphatic rings. The van der Waals surface area contributed by atoms with E-state index in [1.165, 1.54) is 12.1 Å². The Morgan fingerprint density at radius 3 is 1.15 bits per heavy atom. The van der Waals surface area contributed by atoms with Crippen molar-refractivity contribution in [2.75, 3.05) is 0 Å². The highest BCUT2D eigenvalue weighted by molar-refractivity contribution is 6.35. The van der Waals surface area contributed by atoms with E-state index in [1.54, 1.807) is 73.0 Å². The first-order valence-corrected chi connectivity index (χ1v) is 13.8. The molecule has 7 aromatic rings. The summed E-state index contributed by atoms with van der Waals surface area (Å²) in [4.78, 5) is 8.11. The van der Waals surface area contributed by atoms with Gasteiger partial charge in [-0.15, -0.1) is 0 Å². The van der Waals surface area contributed by atoms with Crippen LogP contribution >= 0.6 is 0 Å². The van der Waals surface area contributed by atoms with E-state index >= 15 is 0 Å². The van der Waals surface area contributed by atoms with Crippen LogP contribution in [0.15, 0.2) is 107 Å². The van der Waals surface area contributed by atoms with Crippen molar-refractivity contribution in [2.24, 2.45) is 9.98 Å². The molecule has 0 atom stereocenters. The Bertz CT molecular complexity index is 2380. The van der Waals surface area contributed by atoms with E-state index in [2.05, 4.69) is 9.98 Å². The second-order valence-corrected chi connectivity index (χ2v) is 10.6. The average molecular weight is 619 g/mol. The third kappa shape index (κ3) is 4.30. The molecule has 0 aliphatic carbocycles. The number of nitriles is 2. The number of halogens is 6. The molecule has 0 aromatic heterocycles. The van der Waals surface area contributed by atoms with E-state index in [0.717, 1.165) is 24.3 Å². The average Bonchev–Trinajstić information content (AvgIpc) is 3.52. The number of benzene rings is 5. The number of nitrogens with zero attached hydrogens (tertiary/aromatic N) is 4. The highest BCUT2D eigenvalue weighted by atomic mass is 19.4. The van der Waals surface area contributed by atoms with Crippen LogP contribution in [0.3, 0.4) is 0 Å². The number of hydrogen-bond donors (Lipinski definition) is 0. The summed E-state index contributed by atoms with van der Waals surface area (Å²) in [7, 11) is 0. The van der Waals surface area contributed by atoms with Gasteiger partial charge in [0, 0.05) is 43.4 Å². The second-order valence-electron chi connectivity index (χ2n) is 10.6.